The first-order valence-electron chi connectivity index (χ1n) is 7.33. The minimum atomic E-state index is -0.557. The number of aryl methyl sites for hydroxylation is 1. The minimum absolute atomic E-state index is 0.00548. The molecule has 5 heteroatoms. The zero-order valence-electron chi connectivity index (χ0n) is 13.4. The van der Waals surface area contributed by atoms with E-state index in [9.17, 15) is 9.59 Å². The molecule has 1 unspecified atom stereocenters. The second-order valence-electron chi connectivity index (χ2n) is 6.04. The molecule has 5 nitrogen and oxygen atoms in total. The number of rotatable bonds is 6. The van der Waals surface area contributed by atoms with Gasteiger partial charge in [0.2, 0.25) is 11.8 Å². The van der Waals surface area contributed by atoms with Gasteiger partial charge in [0.05, 0.1) is 0 Å². The van der Waals surface area contributed by atoms with Crippen molar-refractivity contribution in [1.29, 1.82) is 0 Å². The SMILES string of the molecule is Cc1cccc(NC(=O)C(NC(=O)CC(C)C)C(C)C)n1. The standard InChI is InChI=1S/C16H25N3O2/c1-10(2)9-14(20)19-15(11(3)4)16(21)18-13-8-6-7-12(5)17-13/h6-8,10-11,15H,9H2,1-5H3,(H,19,20)(H,17,18,21). The van der Waals surface area contributed by atoms with Gasteiger partial charge in [-0.25, -0.2) is 4.98 Å². The lowest BCUT2D eigenvalue weighted by atomic mass is 10.0. The molecule has 21 heavy (non-hydrogen) atoms. The molecule has 0 bridgehead atoms. The average molecular weight is 291 g/mol. The van der Waals surface area contributed by atoms with E-state index in [1.165, 1.54) is 0 Å². The van der Waals surface area contributed by atoms with Gasteiger partial charge in [-0.1, -0.05) is 33.8 Å². The Morgan fingerprint density at radius 1 is 1.19 bits per heavy atom. The van der Waals surface area contributed by atoms with Crippen LogP contribution in [0.4, 0.5) is 5.82 Å². The predicted molar refractivity (Wildman–Crippen MR) is 83.8 cm³/mol. The van der Waals surface area contributed by atoms with Crippen LogP contribution in [0, 0.1) is 18.8 Å². The highest BCUT2D eigenvalue weighted by Crippen LogP contribution is 2.09. The van der Waals surface area contributed by atoms with Crippen LogP contribution in [-0.2, 0) is 9.59 Å². The monoisotopic (exact) mass is 291 g/mol. The summed E-state index contributed by atoms with van der Waals surface area (Å²) in [6.07, 6.45) is 0.416. The van der Waals surface area contributed by atoms with Crippen LogP contribution in [0.2, 0.25) is 0 Å². The molecule has 116 valence electrons. The lowest BCUT2D eigenvalue weighted by molar-refractivity contribution is -0.127. The van der Waals surface area contributed by atoms with Crippen molar-refractivity contribution in [3.05, 3.63) is 23.9 Å². The van der Waals surface area contributed by atoms with Crippen LogP contribution in [0.15, 0.2) is 18.2 Å². The summed E-state index contributed by atoms with van der Waals surface area (Å²) < 4.78 is 0. The summed E-state index contributed by atoms with van der Waals surface area (Å²) in [5.41, 5.74) is 0.831. The fraction of sp³-hybridized carbons (Fsp3) is 0.562. The minimum Gasteiger partial charge on any atom is -0.344 e. The molecule has 0 saturated carbocycles. The number of hydrogen-bond acceptors (Lipinski definition) is 3. The zero-order chi connectivity index (χ0) is 16.0. The van der Waals surface area contributed by atoms with Gasteiger partial charge in [-0.15, -0.1) is 0 Å². The molecular formula is C16H25N3O2. The summed E-state index contributed by atoms with van der Waals surface area (Å²) in [4.78, 5) is 28.4. The van der Waals surface area contributed by atoms with Crippen LogP contribution in [-0.4, -0.2) is 22.8 Å². The molecular weight excluding hydrogens is 266 g/mol. The number of anilines is 1. The van der Waals surface area contributed by atoms with E-state index in [1.54, 1.807) is 6.07 Å². The number of hydrogen-bond donors (Lipinski definition) is 2. The lowest BCUT2D eigenvalue weighted by Crippen LogP contribution is -2.47. The largest absolute Gasteiger partial charge is 0.344 e. The molecule has 0 fully saturated rings. The predicted octanol–water partition coefficient (Wildman–Crippen LogP) is 2.52. The molecule has 0 aliphatic rings. The number of amides is 2. The van der Waals surface area contributed by atoms with E-state index in [2.05, 4.69) is 15.6 Å². The highest BCUT2D eigenvalue weighted by Gasteiger charge is 2.24. The first kappa shape index (κ1) is 17.1. The van der Waals surface area contributed by atoms with Crippen molar-refractivity contribution in [2.75, 3.05) is 5.32 Å². The van der Waals surface area contributed by atoms with Crippen molar-refractivity contribution in [2.24, 2.45) is 11.8 Å². The molecule has 0 aliphatic heterocycles. The van der Waals surface area contributed by atoms with Crippen molar-refractivity contribution >= 4 is 17.6 Å². The third-order valence-corrected chi connectivity index (χ3v) is 3.00. The fourth-order valence-corrected chi connectivity index (χ4v) is 1.95. The maximum Gasteiger partial charge on any atom is 0.248 e. The van der Waals surface area contributed by atoms with Crippen molar-refractivity contribution < 1.29 is 9.59 Å². The van der Waals surface area contributed by atoms with Crippen LogP contribution < -0.4 is 10.6 Å². The number of nitrogens with zero attached hydrogens (tertiary/aromatic N) is 1. The van der Waals surface area contributed by atoms with E-state index in [-0.39, 0.29) is 23.7 Å². The summed E-state index contributed by atoms with van der Waals surface area (Å²) in [5.74, 6) is 0.435. The van der Waals surface area contributed by atoms with Crippen LogP contribution >= 0.6 is 0 Å². The molecule has 0 saturated heterocycles. The van der Waals surface area contributed by atoms with Crippen LogP contribution in [0.25, 0.3) is 0 Å². The zero-order valence-corrected chi connectivity index (χ0v) is 13.4. The normalized spacial score (nSPS) is 12.3. The third kappa shape index (κ3) is 5.94. The van der Waals surface area contributed by atoms with Gasteiger partial charge in [-0.3, -0.25) is 9.59 Å². The molecule has 1 atom stereocenters. The van der Waals surface area contributed by atoms with Gasteiger partial charge in [0.25, 0.3) is 0 Å². The number of carbonyl (C=O) groups is 2. The van der Waals surface area contributed by atoms with Crippen LogP contribution in [0.1, 0.15) is 39.8 Å². The molecule has 1 aromatic heterocycles. The molecule has 0 radical (unpaired) electrons. The van der Waals surface area contributed by atoms with E-state index >= 15 is 0 Å². The van der Waals surface area contributed by atoms with Gasteiger partial charge in [0.15, 0.2) is 0 Å². The molecule has 1 rings (SSSR count). The van der Waals surface area contributed by atoms with Crippen LogP contribution in [0.5, 0.6) is 0 Å². The summed E-state index contributed by atoms with van der Waals surface area (Å²) in [6, 6.07) is 4.87. The molecule has 2 N–H and O–H groups in total. The van der Waals surface area contributed by atoms with Gasteiger partial charge in [-0.05, 0) is 30.9 Å². The molecule has 1 heterocycles. The second-order valence-corrected chi connectivity index (χ2v) is 6.04. The Labute approximate surface area is 126 Å². The van der Waals surface area contributed by atoms with Crippen LogP contribution in [0.3, 0.4) is 0 Å². The van der Waals surface area contributed by atoms with Gasteiger partial charge in [0, 0.05) is 12.1 Å². The van der Waals surface area contributed by atoms with E-state index < -0.39 is 6.04 Å². The Morgan fingerprint density at radius 2 is 1.86 bits per heavy atom. The van der Waals surface area contributed by atoms with E-state index in [0.29, 0.717) is 12.2 Å². The summed E-state index contributed by atoms with van der Waals surface area (Å²) >= 11 is 0. The summed E-state index contributed by atoms with van der Waals surface area (Å²) in [7, 11) is 0. The Hall–Kier alpha value is -1.91. The summed E-state index contributed by atoms with van der Waals surface area (Å²) in [5, 5.41) is 5.56. The first-order valence-corrected chi connectivity index (χ1v) is 7.33. The topological polar surface area (TPSA) is 71.1 Å². The van der Waals surface area contributed by atoms with Crippen molar-refractivity contribution in [3.63, 3.8) is 0 Å². The highest BCUT2D eigenvalue weighted by molar-refractivity contribution is 5.96. The number of pyridine rings is 1. The maximum absolute atomic E-state index is 12.3. The Balaban J connectivity index is 2.71. The highest BCUT2D eigenvalue weighted by atomic mass is 16.2. The molecule has 2 amide bonds. The molecule has 0 aliphatic carbocycles. The average Bonchev–Trinajstić information content (AvgIpc) is 2.34. The smallest absolute Gasteiger partial charge is 0.248 e. The third-order valence-electron chi connectivity index (χ3n) is 3.00. The molecule has 0 aromatic carbocycles. The van der Waals surface area contributed by atoms with E-state index in [4.69, 9.17) is 0 Å². The fourth-order valence-electron chi connectivity index (χ4n) is 1.95. The molecule has 0 spiro atoms. The Morgan fingerprint density at radius 3 is 2.38 bits per heavy atom. The van der Waals surface area contributed by atoms with Crippen molar-refractivity contribution in [1.82, 2.24) is 10.3 Å². The van der Waals surface area contributed by atoms with E-state index in [0.717, 1.165) is 5.69 Å². The van der Waals surface area contributed by atoms with Gasteiger partial charge >= 0.3 is 0 Å². The van der Waals surface area contributed by atoms with Crippen molar-refractivity contribution in [3.8, 4) is 0 Å². The van der Waals surface area contributed by atoms with Gasteiger partial charge in [-0.2, -0.15) is 0 Å². The first-order chi connectivity index (χ1) is 9.79. The summed E-state index contributed by atoms with van der Waals surface area (Å²) in [6.45, 7) is 9.62. The number of aromatic nitrogens is 1. The lowest BCUT2D eigenvalue weighted by Gasteiger charge is -2.22. The van der Waals surface area contributed by atoms with E-state index in [1.807, 2.05) is 46.8 Å². The number of nitrogens with one attached hydrogen (secondary N) is 2. The van der Waals surface area contributed by atoms with Gasteiger partial charge < -0.3 is 10.6 Å². The second kappa shape index (κ2) is 7.76. The quantitative estimate of drug-likeness (QED) is 0.846. The molecule has 1 aromatic rings. The Bertz CT molecular complexity index is 498. The van der Waals surface area contributed by atoms with Crippen molar-refractivity contribution in [2.45, 2.75) is 47.1 Å². The van der Waals surface area contributed by atoms with Gasteiger partial charge in [0.1, 0.15) is 11.9 Å². The Kier molecular flexibility index (Phi) is 6.34. The maximum atomic E-state index is 12.3. The number of carbonyl (C=O) groups excluding carboxylic acids is 2.